The minimum Gasteiger partial charge on any atom is -0.467 e. The summed E-state index contributed by atoms with van der Waals surface area (Å²) in [6.45, 7) is 0.234. The summed E-state index contributed by atoms with van der Waals surface area (Å²) in [5.74, 6) is -3.69. The van der Waals surface area contributed by atoms with Gasteiger partial charge in [0.1, 0.15) is 0 Å². The van der Waals surface area contributed by atoms with E-state index in [0.717, 1.165) is 7.11 Å². The van der Waals surface area contributed by atoms with E-state index < -0.39 is 29.9 Å². The number of ketones is 1. The van der Waals surface area contributed by atoms with Crippen LogP contribution in [0, 0.1) is 0 Å². The molecule has 0 radical (unpaired) electrons. The van der Waals surface area contributed by atoms with Crippen LogP contribution in [0.25, 0.3) is 0 Å². The number of methoxy groups -OCH3 is 1. The molecule has 0 aliphatic carbocycles. The van der Waals surface area contributed by atoms with Gasteiger partial charge in [-0.3, -0.25) is 4.79 Å². The first kappa shape index (κ1) is 15.9. The smallest absolute Gasteiger partial charge is 0.452 e. The number of ether oxygens (including phenoxy) is 1. The second-order valence-corrected chi connectivity index (χ2v) is 3.54. The van der Waals surface area contributed by atoms with Crippen molar-refractivity contribution < 1.29 is 27.5 Å². The summed E-state index contributed by atoms with van der Waals surface area (Å²) in [6, 6.07) is 0. The average Bonchev–Trinajstić information content (AvgIpc) is 2.25. The zero-order chi connectivity index (χ0) is 13.7. The van der Waals surface area contributed by atoms with E-state index >= 15 is 0 Å². The summed E-state index contributed by atoms with van der Waals surface area (Å²) >= 11 is 0. The van der Waals surface area contributed by atoms with Crippen molar-refractivity contribution in [2.24, 2.45) is 11.5 Å². The summed E-state index contributed by atoms with van der Waals surface area (Å²) in [5.41, 5.74) is 7.72. The maximum absolute atomic E-state index is 12.3. The van der Waals surface area contributed by atoms with Gasteiger partial charge in [-0.25, -0.2) is 4.79 Å². The second kappa shape index (κ2) is 5.97. The third-order valence-electron chi connectivity index (χ3n) is 2.24. The molecule has 5 nitrogen and oxygen atoms in total. The van der Waals surface area contributed by atoms with Crippen molar-refractivity contribution in [3.8, 4) is 0 Å². The van der Waals surface area contributed by atoms with Gasteiger partial charge < -0.3 is 16.2 Å². The van der Waals surface area contributed by atoms with Gasteiger partial charge in [0.2, 0.25) is 0 Å². The number of halogens is 3. The normalized spacial score (nSPS) is 15.2. The lowest BCUT2D eigenvalue weighted by Gasteiger charge is -2.25. The molecule has 0 unspecified atom stereocenters. The molecule has 0 aliphatic heterocycles. The van der Waals surface area contributed by atoms with E-state index in [1.807, 2.05) is 0 Å². The molecule has 0 aliphatic rings. The van der Waals surface area contributed by atoms with Crippen LogP contribution in [0.5, 0.6) is 0 Å². The monoisotopic (exact) mass is 256 g/mol. The molecular formula is C9H15F3N2O3. The molecule has 0 heterocycles. The molecule has 0 saturated carbocycles. The molecule has 0 aromatic carbocycles. The number of alkyl halides is 3. The van der Waals surface area contributed by atoms with Gasteiger partial charge in [0.25, 0.3) is 5.78 Å². The Balaban J connectivity index is 4.97. The summed E-state index contributed by atoms with van der Waals surface area (Å²) in [5, 5.41) is 0. The van der Waals surface area contributed by atoms with E-state index in [9.17, 15) is 22.8 Å². The molecule has 17 heavy (non-hydrogen) atoms. The highest BCUT2D eigenvalue weighted by Crippen LogP contribution is 2.26. The molecule has 8 heteroatoms. The van der Waals surface area contributed by atoms with Crippen molar-refractivity contribution in [1.82, 2.24) is 0 Å². The van der Waals surface area contributed by atoms with Gasteiger partial charge in [-0.1, -0.05) is 0 Å². The van der Waals surface area contributed by atoms with Crippen LogP contribution in [0.4, 0.5) is 13.2 Å². The van der Waals surface area contributed by atoms with Crippen LogP contribution in [0.2, 0.25) is 0 Å². The lowest BCUT2D eigenvalue weighted by atomic mass is 9.88. The average molecular weight is 256 g/mol. The van der Waals surface area contributed by atoms with Crippen LogP contribution in [0.3, 0.4) is 0 Å². The van der Waals surface area contributed by atoms with E-state index in [1.54, 1.807) is 0 Å². The lowest BCUT2D eigenvalue weighted by Crippen LogP contribution is -2.60. The third kappa shape index (κ3) is 3.97. The Kier molecular flexibility index (Phi) is 5.56. The number of rotatable bonds is 6. The van der Waals surface area contributed by atoms with Crippen molar-refractivity contribution in [3.63, 3.8) is 0 Å². The Morgan fingerprint density at radius 3 is 2.12 bits per heavy atom. The van der Waals surface area contributed by atoms with Crippen molar-refractivity contribution in [2.45, 2.75) is 31.0 Å². The highest BCUT2D eigenvalue weighted by Gasteiger charge is 2.55. The topological polar surface area (TPSA) is 95.4 Å². The second-order valence-electron chi connectivity index (χ2n) is 3.54. The van der Waals surface area contributed by atoms with E-state index in [1.165, 1.54) is 0 Å². The molecule has 0 aromatic rings. The minimum atomic E-state index is -5.17. The van der Waals surface area contributed by atoms with Crippen molar-refractivity contribution in [3.05, 3.63) is 0 Å². The van der Waals surface area contributed by atoms with Crippen molar-refractivity contribution in [1.29, 1.82) is 0 Å². The van der Waals surface area contributed by atoms with Gasteiger partial charge in [-0.15, -0.1) is 0 Å². The molecule has 0 bridgehead atoms. The van der Waals surface area contributed by atoms with Crippen LogP contribution in [0.1, 0.15) is 19.3 Å². The Labute approximate surface area is 96.3 Å². The van der Waals surface area contributed by atoms with E-state index in [0.29, 0.717) is 6.42 Å². The molecule has 100 valence electrons. The standard InChI is InChI=1S/C9H15F3N2O3/c1-17-7(16)8(14,4-2-3-5-13)6(15)9(10,11)12/h2-5,13-14H2,1H3/t8-/m1/s1. The van der Waals surface area contributed by atoms with Crippen LogP contribution in [0.15, 0.2) is 0 Å². The van der Waals surface area contributed by atoms with E-state index in [2.05, 4.69) is 4.74 Å². The van der Waals surface area contributed by atoms with Gasteiger partial charge in [0, 0.05) is 0 Å². The fourth-order valence-electron chi connectivity index (χ4n) is 1.29. The van der Waals surface area contributed by atoms with Gasteiger partial charge in [0.05, 0.1) is 7.11 Å². The molecule has 0 amide bonds. The number of hydrogen-bond donors (Lipinski definition) is 2. The number of Topliss-reactive ketones (excluding diaryl/α,β-unsaturated/α-hetero) is 1. The summed E-state index contributed by atoms with van der Waals surface area (Å²) in [6.07, 6.45) is -5.13. The number of carbonyl (C=O) groups excluding carboxylic acids is 2. The van der Waals surface area contributed by atoms with Crippen molar-refractivity contribution in [2.75, 3.05) is 13.7 Å². The number of nitrogens with two attached hydrogens (primary N) is 2. The Hall–Kier alpha value is -1.15. The molecule has 4 N–H and O–H groups in total. The zero-order valence-electron chi connectivity index (χ0n) is 9.34. The summed E-state index contributed by atoms with van der Waals surface area (Å²) in [4.78, 5) is 22.3. The predicted molar refractivity (Wildman–Crippen MR) is 52.9 cm³/mol. The number of carbonyl (C=O) groups is 2. The summed E-state index contributed by atoms with van der Waals surface area (Å²) in [7, 11) is 0.872. The minimum absolute atomic E-state index is 0.129. The number of esters is 1. The molecule has 1 atom stereocenters. The Bertz CT molecular complexity index is 294. The molecule has 0 spiro atoms. The maximum Gasteiger partial charge on any atom is 0.452 e. The number of hydrogen-bond acceptors (Lipinski definition) is 5. The van der Waals surface area contributed by atoms with Crippen LogP contribution < -0.4 is 11.5 Å². The molecule has 0 rings (SSSR count). The summed E-state index contributed by atoms with van der Waals surface area (Å²) < 4.78 is 41.0. The molecular weight excluding hydrogens is 241 g/mol. The predicted octanol–water partition coefficient (Wildman–Crippen LogP) is 0.117. The quantitative estimate of drug-likeness (QED) is 0.400. The van der Waals surface area contributed by atoms with E-state index in [4.69, 9.17) is 11.5 Å². The van der Waals surface area contributed by atoms with Crippen LogP contribution >= 0.6 is 0 Å². The maximum atomic E-state index is 12.3. The van der Waals surface area contributed by atoms with Gasteiger partial charge >= 0.3 is 12.1 Å². The molecule has 0 fully saturated rings. The third-order valence-corrected chi connectivity index (χ3v) is 2.24. The fraction of sp³-hybridized carbons (Fsp3) is 0.778. The molecule has 0 saturated heterocycles. The zero-order valence-corrected chi connectivity index (χ0v) is 9.34. The van der Waals surface area contributed by atoms with Crippen molar-refractivity contribution >= 4 is 11.8 Å². The van der Waals surface area contributed by atoms with E-state index in [-0.39, 0.29) is 13.0 Å². The first-order valence-corrected chi connectivity index (χ1v) is 4.89. The van der Waals surface area contributed by atoms with Gasteiger partial charge in [0.15, 0.2) is 5.54 Å². The largest absolute Gasteiger partial charge is 0.467 e. The first-order chi connectivity index (χ1) is 7.70. The Morgan fingerprint density at radius 1 is 1.24 bits per heavy atom. The first-order valence-electron chi connectivity index (χ1n) is 4.89. The fourth-order valence-corrected chi connectivity index (χ4v) is 1.29. The highest BCUT2D eigenvalue weighted by atomic mass is 19.4. The SMILES string of the molecule is COC(=O)[C@@](N)(CCCCN)C(=O)C(F)(F)F. The van der Waals surface area contributed by atoms with Gasteiger partial charge in [-0.2, -0.15) is 13.2 Å². The molecule has 0 aromatic heterocycles. The Morgan fingerprint density at radius 2 is 1.76 bits per heavy atom. The number of unbranched alkanes of at least 4 members (excludes halogenated alkanes) is 1. The van der Waals surface area contributed by atoms with Crippen LogP contribution in [-0.4, -0.2) is 37.1 Å². The highest BCUT2D eigenvalue weighted by molar-refractivity contribution is 6.10. The van der Waals surface area contributed by atoms with Crippen LogP contribution in [-0.2, 0) is 14.3 Å². The lowest BCUT2D eigenvalue weighted by molar-refractivity contribution is -0.182. The van der Waals surface area contributed by atoms with Gasteiger partial charge in [-0.05, 0) is 25.8 Å².